The number of carbonyl (C=O) groups excluding carboxylic acids is 2. The van der Waals surface area contributed by atoms with Crippen LogP contribution in [0, 0.1) is 0 Å². The van der Waals surface area contributed by atoms with E-state index in [4.69, 9.17) is 0 Å². The van der Waals surface area contributed by atoms with Crippen LogP contribution >= 0.6 is 11.3 Å². The third-order valence-corrected chi connectivity index (χ3v) is 6.54. The summed E-state index contributed by atoms with van der Waals surface area (Å²) in [4.78, 5) is 33.8. The predicted octanol–water partition coefficient (Wildman–Crippen LogP) is 5.19. The van der Waals surface area contributed by atoms with Gasteiger partial charge in [-0.15, -0.1) is 0 Å². The van der Waals surface area contributed by atoms with Gasteiger partial charge in [-0.05, 0) is 41.8 Å². The molecule has 0 radical (unpaired) electrons. The number of thiazole rings is 1. The number of para-hydroxylation sites is 1. The molecular weight excluding hydrogens is 406 g/mol. The second-order valence-corrected chi connectivity index (χ2v) is 8.55. The topological polar surface area (TPSA) is 53.5 Å². The van der Waals surface area contributed by atoms with Gasteiger partial charge in [0.25, 0.3) is 5.91 Å². The fourth-order valence-electron chi connectivity index (χ4n) is 3.80. The molecule has 0 N–H and O–H groups in total. The van der Waals surface area contributed by atoms with E-state index >= 15 is 0 Å². The predicted molar refractivity (Wildman–Crippen MR) is 124 cm³/mol. The molecule has 0 spiro atoms. The molecule has 2 amide bonds. The quantitative estimate of drug-likeness (QED) is 0.440. The third-order valence-electron chi connectivity index (χ3n) is 5.48. The minimum Gasteiger partial charge on any atom is -0.324 e. The van der Waals surface area contributed by atoms with Gasteiger partial charge in [0.2, 0.25) is 5.91 Å². The Morgan fingerprint density at radius 3 is 2.35 bits per heavy atom. The third kappa shape index (κ3) is 3.94. The molecule has 4 aromatic rings. The molecule has 6 heteroatoms. The smallest absolute Gasteiger partial charge is 0.261 e. The van der Waals surface area contributed by atoms with Gasteiger partial charge in [0.05, 0.1) is 10.2 Å². The van der Waals surface area contributed by atoms with Gasteiger partial charge in [-0.25, -0.2) is 4.98 Å². The first-order valence-electron chi connectivity index (χ1n) is 10.3. The largest absolute Gasteiger partial charge is 0.324 e. The Hall–Kier alpha value is -3.51. The van der Waals surface area contributed by atoms with Gasteiger partial charge in [-0.2, -0.15) is 0 Å². The molecule has 0 atom stereocenters. The molecule has 31 heavy (non-hydrogen) atoms. The standard InChI is InChI=1S/C25H21N3O2S/c29-23-11-6-16-27(23)17-28(25-26-21-9-4-5-10-22(21)31-25)24(30)20-14-12-19(13-15-20)18-7-2-1-3-8-18/h1-5,7-10,12-15H,6,11,16-17H2. The van der Waals surface area contributed by atoms with Crippen LogP contribution in [0.2, 0.25) is 0 Å². The normalized spacial score (nSPS) is 13.7. The van der Waals surface area contributed by atoms with Crippen molar-refractivity contribution in [2.24, 2.45) is 0 Å². The van der Waals surface area contributed by atoms with Crippen LogP contribution in [0.5, 0.6) is 0 Å². The minimum atomic E-state index is -0.154. The number of aromatic nitrogens is 1. The summed E-state index contributed by atoms with van der Waals surface area (Å²) >= 11 is 1.47. The minimum absolute atomic E-state index is 0.0818. The van der Waals surface area contributed by atoms with E-state index in [0.717, 1.165) is 27.8 Å². The first kappa shape index (κ1) is 19.5. The molecular formula is C25H21N3O2S. The monoisotopic (exact) mass is 427 g/mol. The van der Waals surface area contributed by atoms with Gasteiger partial charge in [0.1, 0.15) is 6.67 Å². The van der Waals surface area contributed by atoms with E-state index in [1.54, 1.807) is 9.80 Å². The molecule has 5 nitrogen and oxygen atoms in total. The Labute approximate surface area is 184 Å². The Morgan fingerprint density at radius 1 is 0.935 bits per heavy atom. The summed E-state index contributed by atoms with van der Waals surface area (Å²) < 4.78 is 1.02. The van der Waals surface area contributed by atoms with Crippen molar-refractivity contribution < 1.29 is 9.59 Å². The van der Waals surface area contributed by atoms with Gasteiger partial charge in [0.15, 0.2) is 5.13 Å². The molecule has 1 fully saturated rings. The first-order valence-corrected chi connectivity index (χ1v) is 11.1. The first-order chi connectivity index (χ1) is 15.2. The summed E-state index contributed by atoms with van der Waals surface area (Å²) in [6.45, 7) is 0.887. The lowest BCUT2D eigenvalue weighted by molar-refractivity contribution is -0.127. The number of amides is 2. The molecule has 0 bridgehead atoms. The zero-order valence-corrected chi connectivity index (χ0v) is 17.7. The molecule has 0 unspecified atom stereocenters. The van der Waals surface area contributed by atoms with E-state index in [-0.39, 0.29) is 18.5 Å². The van der Waals surface area contributed by atoms with Crippen molar-refractivity contribution in [3.63, 3.8) is 0 Å². The number of benzene rings is 3. The molecule has 1 saturated heterocycles. The molecule has 0 aliphatic carbocycles. The van der Waals surface area contributed by atoms with Gasteiger partial charge < -0.3 is 4.90 Å². The van der Waals surface area contributed by atoms with Crippen LogP contribution in [0.1, 0.15) is 23.2 Å². The van der Waals surface area contributed by atoms with Crippen LogP contribution in [0.15, 0.2) is 78.9 Å². The maximum atomic E-state index is 13.5. The van der Waals surface area contributed by atoms with E-state index in [9.17, 15) is 9.59 Å². The number of fused-ring (bicyclic) bond motifs is 1. The summed E-state index contributed by atoms with van der Waals surface area (Å²) in [5.41, 5.74) is 3.59. The average Bonchev–Trinajstić information content (AvgIpc) is 3.43. The lowest BCUT2D eigenvalue weighted by atomic mass is 10.0. The summed E-state index contributed by atoms with van der Waals surface area (Å²) in [7, 11) is 0. The lowest BCUT2D eigenvalue weighted by Crippen LogP contribution is -2.42. The van der Waals surface area contributed by atoms with Crippen LogP contribution in [0.4, 0.5) is 5.13 Å². The number of likely N-dealkylation sites (tertiary alicyclic amines) is 1. The highest BCUT2D eigenvalue weighted by Crippen LogP contribution is 2.30. The average molecular weight is 428 g/mol. The van der Waals surface area contributed by atoms with Crippen LogP contribution in [-0.2, 0) is 4.79 Å². The van der Waals surface area contributed by atoms with Gasteiger partial charge in [-0.1, -0.05) is 65.9 Å². The number of carbonyl (C=O) groups is 2. The molecule has 1 aromatic heterocycles. The zero-order valence-electron chi connectivity index (χ0n) is 16.9. The summed E-state index contributed by atoms with van der Waals surface area (Å²) in [6, 6.07) is 25.5. The van der Waals surface area contributed by atoms with Crippen molar-refractivity contribution in [3.05, 3.63) is 84.4 Å². The van der Waals surface area contributed by atoms with Gasteiger partial charge in [-0.3, -0.25) is 14.5 Å². The van der Waals surface area contributed by atoms with Crippen molar-refractivity contribution in [2.45, 2.75) is 12.8 Å². The van der Waals surface area contributed by atoms with Crippen molar-refractivity contribution in [1.82, 2.24) is 9.88 Å². The van der Waals surface area contributed by atoms with Crippen LogP contribution < -0.4 is 4.90 Å². The van der Waals surface area contributed by atoms with E-state index in [1.165, 1.54) is 11.3 Å². The van der Waals surface area contributed by atoms with Crippen LogP contribution in [-0.4, -0.2) is 34.9 Å². The SMILES string of the molecule is O=C1CCCN1CN(C(=O)c1ccc(-c2ccccc2)cc1)c1nc2ccccc2s1. The Kier molecular flexibility index (Phi) is 5.22. The van der Waals surface area contributed by atoms with Gasteiger partial charge in [0, 0.05) is 18.5 Å². The number of anilines is 1. The Morgan fingerprint density at radius 2 is 1.65 bits per heavy atom. The van der Waals surface area contributed by atoms with E-state index in [1.807, 2.05) is 78.9 Å². The van der Waals surface area contributed by atoms with Gasteiger partial charge >= 0.3 is 0 Å². The molecule has 3 aromatic carbocycles. The fraction of sp³-hybridized carbons (Fsp3) is 0.160. The van der Waals surface area contributed by atoms with Crippen molar-refractivity contribution in [2.75, 3.05) is 18.1 Å². The maximum Gasteiger partial charge on any atom is 0.261 e. The maximum absolute atomic E-state index is 13.5. The fourth-order valence-corrected chi connectivity index (χ4v) is 4.76. The van der Waals surface area contributed by atoms with Crippen molar-refractivity contribution in [3.8, 4) is 11.1 Å². The number of hydrogen-bond donors (Lipinski definition) is 0. The zero-order chi connectivity index (χ0) is 21.2. The summed E-state index contributed by atoms with van der Waals surface area (Å²) in [5, 5.41) is 0.609. The second-order valence-electron chi connectivity index (χ2n) is 7.54. The lowest BCUT2D eigenvalue weighted by Gasteiger charge is -2.26. The second kappa shape index (κ2) is 8.32. The van der Waals surface area contributed by atoms with E-state index in [2.05, 4.69) is 4.98 Å². The molecule has 1 aliphatic rings. The number of hydrogen-bond acceptors (Lipinski definition) is 4. The Bertz CT molecular complexity index is 1200. The van der Waals surface area contributed by atoms with Crippen LogP contribution in [0.25, 0.3) is 21.3 Å². The van der Waals surface area contributed by atoms with E-state index < -0.39 is 0 Å². The molecule has 1 aliphatic heterocycles. The Balaban J connectivity index is 1.47. The highest BCUT2D eigenvalue weighted by Gasteiger charge is 2.28. The summed E-state index contributed by atoms with van der Waals surface area (Å²) in [6.07, 6.45) is 1.36. The molecule has 5 rings (SSSR count). The highest BCUT2D eigenvalue weighted by atomic mass is 32.1. The summed E-state index contributed by atoms with van der Waals surface area (Å²) in [5.74, 6) is -0.0725. The van der Waals surface area contributed by atoms with E-state index in [0.29, 0.717) is 23.7 Å². The molecule has 0 saturated carbocycles. The van der Waals surface area contributed by atoms with Crippen molar-refractivity contribution >= 4 is 38.5 Å². The number of nitrogens with zero attached hydrogens (tertiary/aromatic N) is 3. The van der Waals surface area contributed by atoms with Crippen LogP contribution in [0.3, 0.4) is 0 Å². The highest BCUT2D eigenvalue weighted by molar-refractivity contribution is 7.22. The number of rotatable bonds is 5. The molecule has 154 valence electrons. The van der Waals surface area contributed by atoms with Crippen molar-refractivity contribution in [1.29, 1.82) is 0 Å². The molecule has 2 heterocycles.